The van der Waals surface area contributed by atoms with Crippen LogP contribution in [0.25, 0.3) is 0 Å². The summed E-state index contributed by atoms with van der Waals surface area (Å²) in [5.41, 5.74) is 6.12. The van der Waals surface area contributed by atoms with E-state index in [2.05, 4.69) is 24.5 Å². The summed E-state index contributed by atoms with van der Waals surface area (Å²) in [6, 6.07) is 5.96. The van der Waals surface area contributed by atoms with Crippen LogP contribution in [0.4, 0.5) is 10.5 Å². The van der Waals surface area contributed by atoms with E-state index in [9.17, 15) is 9.59 Å². The summed E-state index contributed by atoms with van der Waals surface area (Å²) in [7, 11) is 0. The van der Waals surface area contributed by atoms with Gasteiger partial charge in [-0.25, -0.2) is 4.79 Å². The van der Waals surface area contributed by atoms with Gasteiger partial charge in [0.15, 0.2) is 0 Å². The van der Waals surface area contributed by atoms with Crippen LogP contribution in [-0.2, 0) is 0 Å². The van der Waals surface area contributed by atoms with E-state index in [1.807, 2.05) is 0 Å². The smallest absolute Gasteiger partial charge is 0.316 e. The summed E-state index contributed by atoms with van der Waals surface area (Å²) in [4.78, 5) is 22.4. The Balaban J connectivity index is 2.51. The molecule has 4 N–H and O–H groups in total. The number of amides is 3. The van der Waals surface area contributed by atoms with Gasteiger partial charge in [-0.05, 0) is 36.6 Å². The van der Waals surface area contributed by atoms with Crippen molar-refractivity contribution in [3.05, 3.63) is 29.8 Å². The number of nitrogens with two attached hydrogens (primary N) is 1. The van der Waals surface area contributed by atoms with Crippen molar-refractivity contribution in [1.82, 2.24) is 5.32 Å². The number of carbonyl (C=O) groups is 2. The zero-order chi connectivity index (χ0) is 13.5. The van der Waals surface area contributed by atoms with Gasteiger partial charge in [0, 0.05) is 17.8 Å². The number of benzene rings is 1. The summed E-state index contributed by atoms with van der Waals surface area (Å²) in [5, 5.41) is 5.28. The molecule has 0 aliphatic heterocycles. The predicted molar refractivity (Wildman–Crippen MR) is 71.4 cm³/mol. The Morgan fingerprint density at radius 1 is 1.22 bits per heavy atom. The SMILES string of the molecule is CC(C)CCNC(=O)c1ccc(NC(N)=O)cc1. The number of primary amides is 1. The van der Waals surface area contributed by atoms with E-state index < -0.39 is 6.03 Å². The van der Waals surface area contributed by atoms with Gasteiger partial charge in [-0.15, -0.1) is 0 Å². The first-order valence-corrected chi connectivity index (χ1v) is 5.93. The van der Waals surface area contributed by atoms with E-state index >= 15 is 0 Å². The second-order valence-electron chi connectivity index (χ2n) is 4.51. The van der Waals surface area contributed by atoms with Gasteiger partial charge in [-0.3, -0.25) is 4.79 Å². The number of hydrogen-bond acceptors (Lipinski definition) is 2. The fourth-order valence-corrected chi connectivity index (χ4v) is 1.42. The quantitative estimate of drug-likeness (QED) is 0.745. The molecule has 0 spiro atoms. The minimum atomic E-state index is -0.621. The molecular weight excluding hydrogens is 230 g/mol. The average Bonchev–Trinajstić information content (AvgIpc) is 2.28. The maximum atomic E-state index is 11.7. The van der Waals surface area contributed by atoms with E-state index in [0.29, 0.717) is 23.7 Å². The molecule has 0 radical (unpaired) electrons. The molecule has 0 aliphatic carbocycles. The van der Waals surface area contributed by atoms with E-state index in [1.165, 1.54) is 0 Å². The number of anilines is 1. The molecule has 0 bridgehead atoms. The third-order valence-electron chi connectivity index (χ3n) is 2.42. The Morgan fingerprint density at radius 2 is 1.83 bits per heavy atom. The van der Waals surface area contributed by atoms with Crippen LogP contribution in [0.2, 0.25) is 0 Å². The van der Waals surface area contributed by atoms with Gasteiger partial charge in [-0.2, -0.15) is 0 Å². The van der Waals surface area contributed by atoms with Crippen molar-refractivity contribution in [3.63, 3.8) is 0 Å². The summed E-state index contributed by atoms with van der Waals surface area (Å²) in [6.07, 6.45) is 0.951. The lowest BCUT2D eigenvalue weighted by atomic mass is 10.1. The topological polar surface area (TPSA) is 84.2 Å². The van der Waals surface area contributed by atoms with Crippen molar-refractivity contribution in [2.24, 2.45) is 11.7 Å². The number of hydrogen-bond donors (Lipinski definition) is 3. The number of nitrogens with one attached hydrogen (secondary N) is 2. The zero-order valence-corrected chi connectivity index (χ0v) is 10.7. The van der Waals surface area contributed by atoms with Gasteiger partial charge in [-0.1, -0.05) is 13.8 Å². The summed E-state index contributed by atoms with van der Waals surface area (Å²) >= 11 is 0. The Labute approximate surface area is 107 Å². The second-order valence-corrected chi connectivity index (χ2v) is 4.51. The summed E-state index contributed by atoms with van der Waals surface area (Å²) < 4.78 is 0. The molecule has 1 rings (SSSR count). The molecule has 3 amide bonds. The van der Waals surface area contributed by atoms with Gasteiger partial charge >= 0.3 is 6.03 Å². The highest BCUT2D eigenvalue weighted by molar-refractivity contribution is 5.95. The molecule has 0 aliphatic rings. The molecule has 0 saturated heterocycles. The van der Waals surface area contributed by atoms with Crippen LogP contribution in [0.15, 0.2) is 24.3 Å². The maximum Gasteiger partial charge on any atom is 0.316 e. The van der Waals surface area contributed by atoms with Crippen LogP contribution in [0.3, 0.4) is 0 Å². The third-order valence-corrected chi connectivity index (χ3v) is 2.42. The second kappa shape index (κ2) is 6.64. The number of urea groups is 1. The monoisotopic (exact) mass is 249 g/mol. The lowest BCUT2D eigenvalue weighted by Gasteiger charge is -2.08. The van der Waals surface area contributed by atoms with Gasteiger partial charge in [0.05, 0.1) is 0 Å². The van der Waals surface area contributed by atoms with E-state index in [1.54, 1.807) is 24.3 Å². The fraction of sp³-hybridized carbons (Fsp3) is 0.385. The highest BCUT2D eigenvalue weighted by Gasteiger charge is 2.05. The molecule has 98 valence electrons. The number of rotatable bonds is 5. The van der Waals surface area contributed by atoms with Crippen molar-refractivity contribution in [2.75, 3.05) is 11.9 Å². The van der Waals surface area contributed by atoms with Crippen molar-refractivity contribution >= 4 is 17.6 Å². The molecule has 5 heteroatoms. The van der Waals surface area contributed by atoms with Crippen LogP contribution in [0, 0.1) is 5.92 Å². The molecule has 0 atom stereocenters. The normalized spacial score (nSPS) is 10.2. The molecule has 1 aromatic carbocycles. The molecule has 0 heterocycles. The van der Waals surface area contributed by atoms with E-state index in [-0.39, 0.29) is 5.91 Å². The molecule has 0 saturated carbocycles. The predicted octanol–water partition coefficient (Wildman–Crippen LogP) is 1.95. The van der Waals surface area contributed by atoms with Crippen LogP contribution >= 0.6 is 0 Å². The molecule has 18 heavy (non-hydrogen) atoms. The maximum absolute atomic E-state index is 11.7. The number of carbonyl (C=O) groups excluding carboxylic acids is 2. The van der Waals surface area contributed by atoms with Crippen LogP contribution in [-0.4, -0.2) is 18.5 Å². The lowest BCUT2D eigenvalue weighted by Crippen LogP contribution is -2.25. The largest absolute Gasteiger partial charge is 0.352 e. The van der Waals surface area contributed by atoms with Gasteiger partial charge in [0.1, 0.15) is 0 Å². The Hall–Kier alpha value is -2.04. The van der Waals surface area contributed by atoms with Crippen LogP contribution < -0.4 is 16.4 Å². The highest BCUT2D eigenvalue weighted by atomic mass is 16.2. The first-order chi connectivity index (χ1) is 8.49. The molecule has 0 unspecified atom stereocenters. The van der Waals surface area contributed by atoms with Crippen molar-refractivity contribution in [3.8, 4) is 0 Å². The first-order valence-electron chi connectivity index (χ1n) is 5.93. The van der Waals surface area contributed by atoms with Crippen LogP contribution in [0.5, 0.6) is 0 Å². The van der Waals surface area contributed by atoms with Crippen LogP contribution in [0.1, 0.15) is 30.6 Å². The lowest BCUT2D eigenvalue weighted by molar-refractivity contribution is 0.0952. The van der Waals surface area contributed by atoms with Crippen molar-refractivity contribution < 1.29 is 9.59 Å². The minimum Gasteiger partial charge on any atom is -0.352 e. The molecule has 5 nitrogen and oxygen atoms in total. The summed E-state index contributed by atoms with van der Waals surface area (Å²) in [6.45, 7) is 4.88. The standard InChI is InChI=1S/C13H19N3O2/c1-9(2)7-8-15-12(17)10-3-5-11(6-4-10)16-13(14)18/h3-6,9H,7-8H2,1-2H3,(H,15,17)(H3,14,16,18). The average molecular weight is 249 g/mol. The van der Waals surface area contributed by atoms with Crippen molar-refractivity contribution in [2.45, 2.75) is 20.3 Å². The van der Waals surface area contributed by atoms with E-state index in [4.69, 9.17) is 5.73 Å². The van der Waals surface area contributed by atoms with Gasteiger partial charge < -0.3 is 16.4 Å². The molecule has 0 aromatic heterocycles. The minimum absolute atomic E-state index is 0.110. The zero-order valence-electron chi connectivity index (χ0n) is 10.7. The Kier molecular flexibility index (Phi) is 5.17. The Morgan fingerprint density at radius 3 is 2.33 bits per heavy atom. The van der Waals surface area contributed by atoms with Crippen molar-refractivity contribution in [1.29, 1.82) is 0 Å². The van der Waals surface area contributed by atoms with E-state index in [0.717, 1.165) is 6.42 Å². The van der Waals surface area contributed by atoms with Gasteiger partial charge in [0.25, 0.3) is 5.91 Å². The third kappa shape index (κ3) is 4.86. The van der Waals surface area contributed by atoms with Gasteiger partial charge in [0.2, 0.25) is 0 Å². The molecule has 0 fully saturated rings. The molecule has 1 aromatic rings. The summed E-state index contributed by atoms with van der Waals surface area (Å²) in [5.74, 6) is 0.453. The highest BCUT2D eigenvalue weighted by Crippen LogP contribution is 2.09. The first kappa shape index (κ1) is 14.0. The Bertz CT molecular complexity index is 413. The fourth-order valence-electron chi connectivity index (χ4n) is 1.42. The molecular formula is C13H19N3O2.